The van der Waals surface area contributed by atoms with Gasteiger partial charge in [0.25, 0.3) is 0 Å². The minimum atomic E-state index is -0.646. The summed E-state index contributed by atoms with van der Waals surface area (Å²) in [6, 6.07) is 0. The van der Waals surface area contributed by atoms with E-state index >= 15 is 0 Å². The predicted molar refractivity (Wildman–Crippen MR) is 54.9 cm³/mol. The summed E-state index contributed by atoms with van der Waals surface area (Å²) in [5, 5.41) is 10.3. The van der Waals surface area contributed by atoms with Crippen molar-refractivity contribution in [2.24, 2.45) is 17.8 Å². The first kappa shape index (κ1) is 10.2. The molecule has 0 aromatic heterocycles. The van der Waals surface area contributed by atoms with Crippen molar-refractivity contribution < 1.29 is 9.90 Å². The molecule has 0 spiro atoms. The second-order valence-electron chi connectivity index (χ2n) is 5.34. The molecule has 0 heterocycles. The monoisotopic (exact) mass is 196 g/mol. The molecule has 2 fully saturated rings. The molecule has 2 nitrogen and oxygen atoms in total. The quantitative estimate of drug-likeness (QED) is 0.697. The Morgan fingerprint density at radius 1 is 1.50 bits per heavy atom. The van der Waals surface area contributed by atoms with Crippen molar-refractivity contribution in [1.29, 1.82) is 0 Å². The molecule has 4 atom stereocenters. The van der Waals surface area contributed by atoms with E-state index in [-0.39, 0.29) is 5.78 Å². The van der Waals surface area contributed by atoms with Crippen LogP contribution in [0.25, 0.3) is 0 Å². The van der Waals surface area contributed by atoms with E-state index in [0.717, 1.165) is 19.3 Å². The molecular weight excluding hydrogens is 176 g/mol. The maximum Gasteiger partial charge on any atom is 0.136 e. The van der Waals surface area contributed by atoms with Crippen molar-refractivity contribution in [3.05, 3.63) is 0 Å². The first-order chi connectivity index (χ1) is 6.54. The molecule has 14 heavy (non-hydrogen) atoms. The number of hydrogen-bond donors (Lipinski definition) is 1. The van der Waals surface area contributed by atoms with Crippen LogP contribution in [0.1, 0.15) is 46.0 Å². The fourth-order valence-electron chi connectivity index (χ4n) is 3.47. The van der Waals surface area contributed by atoms with E-state index in [2.05, 4.69) is 13.8 Å². The van der Waals surface area contributed by atoms with Gasteiger partial charge in [0.1, 0.15) is 5.78 Å². The van der Waals surface area contributed by atoms with Crippen LogP contribution in [-0.2, 0) is 4.79 Å². The Balaban J connectivity index is 2.19. The Bertz CT molecular complexity index is 249. The van der Waals surface area contributed by atoms with Crippen molar-refractivity contribution in [2.75, 3.05) is 0 Å². The first-order valence-corrected chi connectivity index (χ1v) is 5.78. The third-order valence-corrected chi connectivity index (χ3v) is 4.31. The molecule has 2 heteroatoms. The molecule has 2 bridgehead atoms. The second-order valence-corrected chi connectivity index (χ2v) is 5.34. The molecule has 1 N–H and O–H groups in total. The van der Waals surface area contributed by atoms with Gasteiger partial charge in [-0.05, 0) is 30.6 Å². The predicted octanol–water partition coefficient (Wildman–Crippen LogP) is 2.15. The van der Waals surface area contributed by atoms with Crippen LogP contribution in [0.5, 0.6) is 0 Å². The Hall–Kier alpha value is -0.370. The average Bonchev–Trinajstić information content (AvgIpc) is 2.10. The highest BCUT2D eigenvalue weighted by atomic mass is 16.3. The molecule has 2 saturated carbocycles. The maximum absolute atomic E-state index is 11.5. The van der Waals surface area contributed by atoms with Gasteiger partial charge in [0.05, 0.1) is 5.60 Å². The minimum Gasteiger partial charge on any atom is -0.389 e. The van der Waals surface area contributed by atoms with Crippen LogP contribution in [0.4, 0.5) is 0 Å². The maximum atomic E-state index is 11.5. The van der Waals surface area contributed by atoms with Gasteiger partial charge in [0, 0.05) is 12.8 Å². The number of aliphatic hydroxyl groups is 1. The van der Waals surface area contributed by atoms with Gasteiger partial charge in [-0.3, -0.25) is 4.79 Å². The Kier molecular flexibility index (Phi) is 2.42. The summed E-state index contributed by atoms with van der Waals surface area (Å²) in [6.07, 6.45) is 3.95. The molecule has 2 aliphatic carbocycles. The Morgan fingerprint density at radius 2 is 2.21 bits per heavy atom. The fraction of sp³-hybridized carbons (Fsp3) is 0.917. The van der Waals surface area contributed by atoms with Crippen LogP contribution in [0.3, 0.4) is 0 Å². The Morgan fingerprint density at radius 3 is 2.86 bits per heavy atom. The number of carbonyl (C=O) groups excluding carboxylic acids is 1. The third-order valence-electron chi connectivity index (χ3n) is 4.31. The molecule has 0 amide bonds. The molecule has 0 aliphatic heterocycles. The SMILES string of the molecule is CCC1CC2(O)CC(=O)CC(C2)C1C. The van der Waals surface area contributed by atoms with E-state index in [1.165, 1.54) is 0 Å². The van der Waals surface area contributed by atoms with Crippen LogP contribution < -0.4 is 0 Å². The van der Waals surface area contributed by atoms with Gasteiger partial charge in [-0.1, -0.05) is 20.3 Å². The van der Waals surface area contributed by atoms with Gasteiger partial charge in [-0.25, -0.2) is 0 Å². The van der Waals surface area contributed by atoms with Gasteiger partial charge in [0.2, 0.25) is 0 Å². The van der Waals surface area contributed by atoms with Gasteiger partial charge < -0.3 is 5.11 Å². The Labute approximate surface area is 85.7 Å². The largest absolute Gasteiger partial charge is 0.389 e. The van der Waals surface area contributed by atoms with Crippen LogP contribution in [0.15, 0.2) is 0 Å². The van der Waals surface area contributed by atoms with E-state index in [1.54, 1.807) is 0 Å². The third kappa shape index (κ3) is 1.60. The lowest BCUT2D eigenvalue weighted by atomic mass is 9.60. The van der Waals surface area contributed by atoms with Crippen molar-refractivity contribution in [1.82, 2.24) is 0 Å². The average molecular weight is 196 g/mol. The van der Waals surface area contributed by atoms with Gasteiger partial charge in [-0.15, -0.1) is 0 Å². The molecule has 4 unspecified atom stereocenters. The number of Topliss-reactive ketones (excluding diaryl/α,β-unsaturated/α-hetero) is 1. The van der Waals surface area contributed by atoms with E-state index in [1.807, 2.05) is 0 Å². The number of ketones is 1. The lowest BCUT2D eigenvalue weighted by Crippen LogP contribution is -2.48. The number of rotatable bonds is 1. The van der Waals surface area contributed by atoms with E-state index in [9.17, 15) is 9.90 Å². The topological polar surface area (TPSA) is 37.3 Å². The molecule has 0 aromatic rings. The highest BCUT2D eigenvalue weighted by Gasteiger charge is 2.47. The first-order valence-electron chi connectivity index (χ1n) is 5.78. The lowest BCUT2D eigenvalue weighted by molar-refractivity contribution is -0.141. The summed E-state index contributed by atoms with van der Waals surface area (Å²) in [4.78, 5) is 11.5. The molecular formula is C12H20O2. The van der Waals surface area contributed by atoms with Crippen molar-refractivity contribution in [3.63, 3.8) is 0 Å². The molecule has 0 radical (unpaired) electrons. The summed E-state index contributed by atoms with van der Waals surface area (Å²) in [6.45, 7) is 4.43. The zero-order valence-corrected chi connectivity index (χ0v) is 9.12. The summed E-state index contributed by atoms with van der Waals surface area (Å²) in [7, 11) is 0. The zero-order valence-electron chi connectivity index (χ0n) is 9.12. The van der Waals surface area contributed by atoms with Crippen molar-refractivity contribution in [2.45, 2.75) is 51.6 Å². The summed E-state index contributed by atoms with van der Waals surface area (Å²) in [5.41, 5.74) is -0.646. The van der Waals surface area contributed by atoms with Crippen LogP contribution in [0, 0.1) is 17.8 Å². The smallest absolute Gasteiger partial charge is 0.136 e. The minimum absolute atomic E-state index is 0.269. The molecule has 80 valence electrons. The normalized spacial score (nSPS) is 47.9. The van der Waals surface area contributed by atoms with Crippen LogP contribution in [-0.4, -0.2) is 16.5 Å². The van der Waals surface area contributed by atoms with Crippen molar-refractivity contribution >= 4 is 5.78 Å². The van der Waals surface area contributed by atoms with Crippen LogP contribution >= 0.6 is 0 Å². The van der Waals surface area contributed by atoms with Crippen LogP contribution in [0.2, 0.25) is 0 Å². The van der Waals surface area contributed by atoms with Crippen molar-refractivity contribution in [3.8, 4) is 0 Å². The number of carbonyl (C=O) groups is 1. The standard InChI is InChI=1S/C12H20O2/c1-3-9-5-12(14)6-10(8(9)2)4-11(13)7-12/h8-10,14H,3-7H2,1-2H3. The van der Waals surface area contributed by atoms with Gasteiger partial charge in [0.15, 0.2) is 0 Å². The number of fused-ring (bicyclic) bond motifs is 2. The highest BCUT2D eigenvalue weighted by Crippen LogP contribution is 2.48. The van der Waals surface area contributed by atoms with Gasteiger partial charge >= 0.3 is 0 Å². The summed E-state index contributed by atoms with van der Waals surface area (Å²) in [5.74, 6) is 1.95. The zero-order chi connectivity index (χ0) is 10.3. The van der Waals surface area contributed by atoms with E-state index < -0.39 is 5.60 Å². The summed E-state index contributed by atoms with van der Waals surface area (Å²) < 4.78 is 0. The van der Waals surface area contributed by atoms with E-state index in [4.69, 9.17) is 0 Å². The molecule has 2 aliphatic rings. The van der Waals surface area contributed by atoms with Gasteiger partial charge in [-0.2, -0.15) is 0 Å². The molecule has 0 saturated heterocycles. The highest BCUT2D eigenvalue weighted by molar-refractivity contribution is 5.80. The number of hydrogen-bond acceptors (Lipinski definition) is 2. The molecule has 0 aromatic carbocycles. The summed E-state index contributed by atoms with van der Waals surface area (Å²) >= 11 is 0. The molecule has 2 rings (SSSR count). The lowest BCUT2D eigenvalue weighted by Gasteiger charge is -2.48. The second kappa shape index (κ2) is 3.34. The fourth-order valence-corrected chi connectivity index (χ4v) is 3.47. The van der Waals surface area contributed by atoms with E-state index in [0.29, 0.717) is 30.6 Å².